The molecule has 0 aromatic carbocycles. The maximum atomic E-state index is 11.9. The quantitative estimate of drug-likeness (QED) is 0.685. The molecule has 0 unspecified atom stereocenters. The number of fused-ring (bicyclic) bond motifs is 2. The molecule has 0 saturated carbocycles. The number of aliphatic hydroxyl groups is 1. The smallest absolute Gasteiger partial charge is 0.410 e. The van der Waals surface area contributed by atoms with Crippen LogP contribution in [0.2, 0.25) is 0 Å². The van der Waals surface area contributed by atoms with Gasteiger partial charge in [-0.1, -0.05) is 0 Å². The van der Waals surface area contributed by atoms with E-state index >= 15 is 0 Å². The highest BCUT2D eigenvalue weighted by atomic mass is 16.6. The van der Waals surface area contributed by atoms with Crippen LogP contribution in [0.5, 0.6) is 0 Å². The molecule has 5 heteroatoms. The second-order valence-corrected chi connectivity index (χ2v) is 5.93. The molecule has 2 saturated heterocycles. The Morgan fingerprint density at radius 1 is 1.29 bits per heavy atom. The highest BCUT2D eigenvalue weighted by Crippen LogP contribution is 2.28. The normalized spacial score (nSPS) is 33.4. The van der Waals surface area contributed by atoms with E-state index in [9.17, 15) is 9.90 Å². The van der Waals surface area contributed by atoms with Gasteiger partial charge < -0.3 is 19.5 Å². The third kappa shape index (κ3) is 2.90. The minimum atomic E-state index is -0.473. The molecule has 2 bridgehead atoms. The molecule has 0 spiro atoms. The fraction of sp³-hybridized carbons (Fsp3) is 0.917. The lowest BCUT2D eigenvalue weighted by molar-refractivity contribution is -0.122. The predicted molar refractivity (Wildman–Crippen MR) is 61.6 cm³/mol. The fourth-order valence-electron chi connectivity index (χ4n) is 2.39. The first kappa shape index (κ1) is 12.6. The molecule has 2 rings (SSSR count). The number of hydrogen-bond donors (Lipinski definition) is 1. The Bertz CT molecular complexity index is 285. The fourth-order valence-corrected chi connectivity index (χ4v) is 2.39. The number of carbonyl (C=O) groups is 1. The number of aliphatic hydroxyl groups excluding tert-OH is 1. The first-order valence-electron chi connectivity index (χ1n) is 6.10. The van der Waals surface area contributed by atoms with Crippen LogP contribution in [-0.2, 0) is 9.47 Å². The second-order valence-electron chi connectivity index (χ2n) is 5.93. The van der Waals surface area contributed by atoms with E-state index in [1.165, 1.54) is 0 Å². The summed E-state index contributed by atoms with van der Waals surface area (Å²) in [6.45, 7) is 7.65. The van der Waals surface area contributed by atoms with Crippen molar-refractivity contribution in [1.29, 1.82) is 0 Å². The number of amides is 1. The van der Waals surface area contributed by atoms with Gasteiger partial charge in [0.05, 0.1) is 19.3 Å². The maximum absolute atomic E-state index is 11.9. The van der Waals surface area contributed by atoms with E-state index in [0.717, 1.165) is 0 Å². The Morgan fingerprint density at radius 2 is 1.82 bits per heavy atom. The van der Waals surface area contributed by atoms with Crippen LogP contribution < -0.4 is 0 Å². The predicted octanol–water partition coefficient (Wildman–Crippen LogP) is 0.861. The third-order valence-corrected chi connectivity index (χ3v) is 3.19. The van der Waals surface area contributed by atoms with Crippen LogP contribution >= 0.6 is 0 Å². The molecule has 2 aliphatic rings. The van der Waals surface area contributed by atoms with Gasteiger partial charge in [-0.3, -0.25) is 0 Å². The summed E-state index contributed by atoms with van der Waals surface area (Å²) in [5, 5.41) is 9.96. The van der Waals surface area contributed by atoms with Gasteiger partial charge in [-0.2, -0.15) is 0 Å². The Kier molecular flexibility index (Phi) is 3.32. The molecule has 2 heterocycles. The average Bonchev–Trinajstić information content (AvgIpc) is 2.13. The van der Waals surface area contributed by atoms with Crippen LogP contribution in [-0.4, -0.2) is 54.1 Å². The van der Waals surface area contributed by atoms with Crippen molar-refractivity contribution in [3.63, 3.8) is 0 Å². The van der Waals surface area contributed by atoms with Crippen molar-refractivity contribution in [3.8, 4) is 0 Å². The zero-order valence-corrected chi connectivity index (χ0v) is 10.7. The molecule has 1 amide bonds. The van der Waals surface area contributed by atoms with Crippen LogP contribution in [0.4, 0.5) is 4.79 Å². The van der Waals surface area contributed by atoms with Crippen LogP contribution in [0.3, 0.4) is 0 Å². The Balaban J connectivity index is 1.97. The molecule has 5 nitrogen and oxygen atoms in total. The van der Waals surface area contributed by atoms with Crippen LogP contribution in [0.25, 0.3) is 0 Å². The Labute approximate surface area is 102 Å². The van der Waals surface area contributed by atoms with Gasteiger partial charge >= 0.3 is 6.09 Å². The van der Waals surface area contributed by atoms with Crippen molar-refractivity contribution in [1.82, 2.24) is 4.90 Å². The lowest BCUT2D eigenvalue weighted by Gasteiger charge is -2.44. The Morgan fingerprint density at radius 3 is 2.29 bits per heavy atom. The standard InChI is InChI=1S/C12H21NO4/c1-12(2,3)17-11(15)13-4-8-6-16-7-9(5-13)10(8)14/h8-10,14H,4-7H2,1-3H3/t8-,9-/m0/s1. The minimum absolute atomic E-state index is 0.0232. The molecule has 0 aromatic rings. The summed E-state index contributed by atoms with van der Waals surface area (Å²) in [4.78, 5) is 13.6. The summed E-state index contributed by atoms with van der Waals surface area (Å²) in [5.41, 5.74) is -0.473. The third-order valence-electron chi connectivity index (χ3n) is 3.19. The number of piperidine rings is 1. The van der Waals surface area contributed by atoms with Crippen molar-refractivity contribution < 1.29 is 19.4 Å². The topological polar surface area (TPSA) is 59.0 Å². The SMILES string of the molecule is CC(C)(C)OC(=O)N1C[C@H]2COC[C@H](C1)C2O. The number of rotatable bonds is 0. The van der Waals surface area contributed by atoms with Crippen LogP contribution in [0, 0.1) is 11.8 Å². The first-order chi connectivity index (χ1) is 7.87. The van der Waals surface area contributed by atoms with Crippen molar-refractivity contribution in [3.05, 3.63) is 0 Å². The lowest BCUT2D eigenvalue weighted by atomic mass is 9.85. The lowest BCUT2D eigenvalue weighted by Crippen LogP contribution is -2.57. The van der Waals surface area contributed by atoms with Crippen molar-refractivity contribution in [2.75, 3.05) is 26.3 Å². The molecule has 2 atom stereocenters. The number of carbonyl (C=O) groups excluding carboxylic acids is 1. The van der Waals surface area contributed by atoms with Gasteiger partial charge in [-0.15, -0.1) is 0 Å². The maximum Gasteiger partial charge on any atom is 0.410 e. The molecule has 0 radical (unpaired) electrons. The zero-order valence-electron chi connectivity index (χ0n) is 10.7. The molecule has 2 fully saturated rings. The van der Waals surface area contributed by atoms with Crippen molar-refractivity contribution >= 4 is 6.09 Å². The van der Waals surface area contributed by atoms with Gasteiger partial charge in [0.25, 0.3) is 0 Å². The van der Waals surface area contributed by atoms with Gasteiger partial charge in [-0.05, 0) is 20.8 Å². The van der Waals surface area contributed by atoms with Crippen LogP contribution in [0.1, 0.15) is 20.8 Å². The van der Waals surface area contributed by atoms with Gasteiger partial charge in [0, 0.05) is 24.9 Å². The average molecular weight is 243 g/mol. The summed E-state index contributed by atoms with van der Waals surface area (Å²) in [6.07, 6.45) is -0.635. The second kappa shape index (κ2) is 4.46. The van der Waals surface area contributed by atoms with E-state index < -0.39 is 5.60 Å². The van der Waals surface area contributed by atoms with Crippen molar-refractivity contribution in [2.24, 2.45) is 11.8 Å². The number of likely N-dealkylation sites (tertiary alicyclic amines) is 1. The molecule has 0 aromatic heterocycles. The van der Waals surface area contributed by atoms with E-state index in [4.69, 9.17) is 9.47 Å². The number of nitrogens with zero attached hydrogens (tertiary/aromatic N) is 1. The summed E-state index contributed by atoms with van der Waals surface area (Å²) in [6, 6.07) is 0. The van der Waals surface area contributed by atoms with E-state index in [0.29, 0.717) is 26.3 Å². The summed E-state index contributed by atoms with van der Waals surface area (Å²) >= 11 is 0. The molecular formula is C12H21NO4. The highest BCUT2D eigenvalue weighted by molar-refractivity contribution is 5.68. The zero-order chi connectivity index (χ0) is 12.6. The van der Waals surface area contributed by atoms with Gasteiger partial charge in [0.2, 0.25) is 0 Å². The molecule has 17 heavy (non-hydrogen) atoms. The first-order valence-corrected chi connectivity index (χ1v) is 6.10. The summed E-state index contributed by atoms with van der Waals surface area (Å²) < 4.78 is 10.7. The molecule has 0 aliphatic carbocycles. The van der Waals surface area contributed by atoms with Gasteiger partial charge in [0.1, 0.15) is 5.60 Å². The van der Waals surface area contributed by atoms with Gasteiger partial charge in [0.15, 0.2) is 0 Å². The van der Waals surface area contributed by atoms with E-state index in [1.54, 1.807) is 4.90 Å². The molecule has 1 N–H and O–H groups in total. The highest BCUT2D eigenvalue weighted by Gasteiger charge is 2.41. The summed E-state index contributed by atoms with van der Waals surface area (Å²) in [5.74, 6) is 0.0463. The largest absolute Gasteiger partial charge is 0.444 e. The van der Waals surface area contributed by atoms with E-state index in [2.05, 4.69) is 0 Å². The molecule has 2 aliphatic heterocycles. The molecular weight excluding hydrogens is 222 g/mol. The molecule has 98 valence electrons. The van der Waals surface area contributed by atoms with Crippen molar-refractivity contribution in [2.45, 2.75) is 32.5 Å². The van der Waals surface area contributed by atoms with E-state index in [-0.39, 0.29) is 24.0 Å². The van der Waals surface area contributed by atoms with Crippen LogP contribution in [0.15, 0.2) is 0 Å². The summed E-state index contributed by atoms with van der Waals surface area (Å²) in [7, 11) is 0. The van der Waals surface area contributed by atoms with E-state index in [1.807, 2.05) is 20.8 Å². The Hall–Kier alpha value is -0.810. The van der Waals surface area contributed by atoms with Gasteiger partial charge in [-0.25, -0.2) is 4.79 Å². The number of ether oxygens (including phenoxy) is 2. The minimum Gasteiger partial charge on any atom is -0.444 e. The number of hydrogen-bond acceptors (Lipinski definition) is 4. The monoisotopic (exact) mass is 243 g/mol.